The summed E-state index contributed by atoms with van der Waals surface area (Å²) >= 11 is 6.04. The largest absolute Gasteiger partial charge is 0.491 e. The third-order valence-electron chi connectivity index (χ3n) is 5.29. The highest BCUT2D eigenvalue weighted by Gasteiger charge is 2.27. The second kappa shape index (κ2) is 7.88. The Morgan fingerprint density at radius 3 is 2.71 bits per heavy atom. The molecule has 0 saturated carbocycles. The number of amides is 1. The lowest BCUT2D eigenvalue weighted by Crippen LogP contribution is -2.38. The zero-order valence-corrected chi connectivity index (χ0v) is 16.9. The fourth-order valence-electron chi connectivity index (χ4n) is 3.93. The van der Waals surface area contributed by atoms with E-state index in [1.807, 2.05) is 43.0 Å². The zero-order valence-electron chi connectivity index (χ0n) is 16.2. The van der Waals surface area contributed by atoms with Crippen LogP contribution >= 0.6 is 11.6 Å². The maximum Gasteiger partial charge on any atom is 0.256 e. The van der Waals surface area contributed by atoms with Crippen LogP contribution in [0.5, 0.6) is 5.75 Å². The van der Waals surface area contributed by atoms with Gasteiger partial charge in [-0.25, -0.2) is 0 Å². The summed E-state index contributed by atoms with van der Waals surface area (Å²) in [6.07, 6.45) is 5.02. The minimum atomic E-state index is 0.0266. The number of nitrogens with one attached hydrogen (secondary N) is 1. The molecule has 1 aliphatic rings. The summed E-state index contributed by atoms with van der Waals surface area (Å²) in [5.74, 6) is 1.40. The molecule has 1 N–H and O–H groups in total. The Labute approximate surface area is 170 Å². The van der Waals surface area contributed by atoms with Crippen molar-refractivity contribution in [1.29, 1.82) is 0 Å². The van der Waals surface area contributed by atoms with Crippen LogP contribution in [0.3, 0.4) is 0 Å². The molecule has 4 rings (SSSR count). The minimum absolute atomic E-state index is 0.0266. The van der Waals surface area contributed by atoms with E-state index in [1.165, 1.54) is 5.56 Å². The third kappa shape index (κ3) is 3.74. The first-order valence-corrected chi connectivity index (χ1v) is 10.1. The predicted octanol–water partition coefficient (Wildman–Crippen LogP) is 5.43. The summed E-state index contributed by atoms with van der Waals surface area (Å²) in [6.45, 7) is 5.55. The number of likely N-dealkylation sites (tertiary alicyclic amines) is 1. The third-order valence-corrected chi connectivity index (χ3v) is 5.53. The SMILES string of the molecule is CC(C)Oc1ccccc1C1CCN(C(=O)c2[c][nH]c3cc(Cl)ccc23)CC1. The number of halogens is 1. The lowest BCUT2D eigenvalue weighted by molar-refractivity contribution is 0.0714. The van der Waals surface area contributed by atoms with Crippen molar-refractivity contribution in [3.05, 3.63) is 64.8 Å². The Morgan fingerprint density at radius 2 is 1.96 bits per heavy atom. The summed E-state index contributed by atoms with van der Waals surface area (Å²) in [7, 11) is 0. The number of H-pyrrole nitrogens is 1. The van der Waals surface area contributed by atoms with Gasteiger partial charge in [0, 0.05) is 29.0 Å². The highest BCUT2D eigenvalue weighted by atomic mass is 35.5. The second-order valence-electron chi connectivity index (χ2n) is 7.59. The number of aromatic amines is 1. The van der Waals surface area contributed by atoms with Gasteiger partial charge in [-0.1, -0.05) is 35.9 Å². The van der Waals surface area contributed by atoms with Gasteiger partial charge in [-0.15, -0.1) is 0 Å². The Hall–Kier alpha value is -2.46. The molecule has 1 radical (unpaired) electrons. The molecule has 1 aliphatic heterocycles. The Bertz CT molecular complexity index is 987. The van der Waals surface area contributed by atoms with Gasteiger partial charge < -0.3 is 14.6 Å². The molecule has 1 amide bonds. The standard InChI is InChI=1S/C23H24ClN2O2/c1-15(2)28-22-6-4-3-5-18(22)16-9-11-26(12-10-16)23(27)20-14-25-21-13-17(24)7-8-19(20)21/h3-8,13,15-16,25H,9-12H2,1-2H3. The first-order valence-electron chi connectivity index (χ1n) is 9.76. The molecule has 0 unspecified atom stereocenters. The lowest BCUT2D eigenvalue weighted by atomic mass is 9.88. The molecule has 1 fully saturated rings. The Balaban J connectivity index is 1.48. The molecule has 1 saturated heterocycles. The molecule has 4 nitrogen and oxygen atoms in total. The van der Waals surface area contributed by atoms with E-state index in [0.717, 1.165) is 42.6 Å². The number of carbonyl (C=O) groups excluding carboxylic acids is 1. The molecule has 0 bridgehead atoms. The van der Waals surface area contributed by atoms with Gasteiger partial charge in [0.25, 0.3) is 5.91 Å². The van der Waals surface area contributed by atoms with Crippen LogP contribution in [0, 0.1) is 6.20 Å². The van der Waals surface area contributed by atoms with E-state index in [0.29, 0.717) is 16.5 Å². The molecular formula is C23H24ClN2O2. The molecule has 5 heteroatoms. The normalized spacial score (nSPS) is 15.4. The van der Waals surface area contributed by atoms with Crippen LogP contribution < -0.4 is 4.74 Å². The smallest absolute Gasteiger partial charge is 0.256 e. The zero-order chi connectivity index (χ0) is 19.7. The van der Waals surface area contributed by atoms with Crippen molar-refractivity contribution in [2.45, 2.75) is 38.7 Å². The van der Waals surface area contributed by atoms with Crippen LogP contribution in [0.4, 0.5) is 0 Å². The first-order chi connectivity index (χ1) is 13.5. The van der Waals surface area contributed by atoms with Crippen molar-refractivity contribution >= 4 is 28.4 Å². The number of hydrogen-bond donors (Lipinski definition) is 1. The molecule has 0 aliphatic carbocycles. The number of piperidine rings is 1. The van der Waals surface area contributed by atoms with Gasteiger partial charge in [0.1, 0.15) is 5.75 Å². The average Bonchev–Trinajstić information content (AvgIpc) is 3.10. The molecule has 28 heavy (non-hydrogen) atoms. The van der Waals surface area contributed by atoms with Crippen molar-refractivity contribution < 1.29 is 9.53 Å². The van der Waals surface area contributed by atoms with E-state index in [9.17, 15) is 4.79 Å². The van der Waals surface area contributed by atoms with E-state index in [-0.39, 0.29) is 12.0 Å². The van der Waals surface area contributed by atoms with Gasteiger partial charge in [0.2, 0.25) is 0 Å². The fraction of sp³-hybridized carbons (Fsp3) is 0.348. The summed E-state index contributed by atoms with van der Waals surface area (Å²) < 4.78 is 5.99. The fourth-order valence-corrected chi connectivity index (χ4v) is 4.11. The number of benzene rings is 2. The van der Waals surface area contributed by atoms with E-state index < -0.39 is 0 Å². The highest BCUT2D eigenvalue weighted by molar-refractivity contribution is 6.31. The van der Waals surface area contributed by atoms with Gasteiger partial charge >= 0.3 is 0 Å². The van der Waals surface area contributed by atoms with E-state index >= 15 is 0 Å². The summed E-state index contributed by atoms with van der Waals surface area (Å²) in [5, 5.41) is 1.51. The van der Waals surface area contributed by atoms with Crippen molar-refractivity contribution in [2.24, 2.45) is 0 Å². The first kappa shape index (κ1) is 18.9. The maximum atomic E-state index is 13.0. The van der Waals surface area contributed by atoms with Crippen LogP contribution in [0.1, 0.15) is 48.5 Å². The number of nitrogens with zero attached hydrogens (tertiary/aromatic N) is 1. The van der Waals surface area contributed by atoms with Crippen LogP contribution in [-0.2, 0) is 0 Å². The number of rotatable bonds is 4. The summed E-state index contributed by atoms with van der Waals surface area (Å²) in [4.78, 5) is 18.0. The maximum absolute atomic E-state index is 13.0. The number of fused-ring (bicyclic) bond motifs is 1. The second-order valence-corrected chi connectivity index (χ2v) is 8.02. The molecule has 145 valence electrons. The number of carbonyl (C=O) groups is 1. The lowest BCUT2D eigenvalue weighted by Gasteiger charge is -2.33. The molecule has 0 spiro atoms. The van der Waals surface area contributed by atoms with E-state index in [2.05, 4.69) is 23.3 Å². The average molecular weight is 396 g/mol. The Morgan fingerprint density at radius 1 is 1.21 bits per heavy atom. The molecule has 3 aromatic rings. The number of para-hydroxylation sites is 1. The number of aromatic nitrogens is 1. The molecule has 0 atom stereocenters. The number of hydrogen-bond acceptors (Lipinski definition) is 2. The van der Waals surface area contributed by atoms with Crippen LogP contribution in [-0.4, -0.2) is 35.0 Å². The van der Waals surface area contributed by atoms with E-state index in [1.54, 1.807) is 6.07 Å². The minimum Gasteiger partial charge on any atom is -0.491 e. The van der Waals surface area contributed by atoms with Crippen molar-refractivity contribution in [3.8, 4) is 5.75 Å². The van der Waals surface area contributed by atoms with Crippen LogP contribution in [0.2, 0.25) is 5.02 Å². The van der Waals surface area contributed by atoms with Gasteiger partial charge in [-0.3, -0.25) is 4.79 Å². The van der Waals surface area contributed by atoms with Gasteiger partial charge in [0.15, 0.2) is 0 Å². The highest BCUT2D eigenvalue weighted by Crippen LogP contribution is 2.35. The van der Waals surface area contributed by atoms with Gasteiger partial charge in [-0.2, -0.15) is 0 Å². The molecule has 1 aromatic heterocycles. The molecule has 2 aromatic carbocycles. The van der Waals surface area contributed by atoms with Crippen molar-refractivity contribution in [1.82, 2.24) is 9.88 Å². The van der Waals surface area contributed by atoms with Crippen LogP contribution in [0.15, 0.2) is 42.5 Å². The van der Waals surface area contributed by atoms with Crippen molar-refractivity contribution in [3.63, 3.8) is 0 Å². The molecule has 2 heterocycles. The van der Waals surface area contributed by atoms with Crippen molar-refractivity contribution in [2.75, 3.05) is 13.1 Å². The van der Waals surface area contributed by atoms with E-state index in [4.69, 9.17) is 16.3 Å². The quantitative estimate of drug-likeness (QED) is 0.640. The monoisotopic (exact) mass is 395 g/mol. The predicted molar refractivity (Wildman–Crippen MR) is 112 cm³/mol. The van der Waals surface area contributed by atoms with Crippen LogP contribution in [0.25, 0.3) is 10.9 Å². The summed E-state index contributed by atoms with van der Waals surface area (Å²) in [6, 6.07) is 13.8. The van der Waals surface area contributed by atoms with Gasteiger partial charge in [0.05, 0.1) is 17.9 Å². The molecular weight excluding hydrogens is 372 g/mol. The summed E-state index contributed by atoms with van der Waals surface area (Å²) in [5.41, 5.74) is 2.68. The topological polar surface area (TPSA) is 45.3 Å². The number of ether oxygens (including phenoxy) is 1. The van der Waals surface area contributed by atoms with Gasteiger partial charge in [-0.05, 0) is 56.4 Å². The Kier molecular flexibility index (Phi) is 5.31.